The number of esters is 1. The van der Waals surface area contributed by atoms with Crippen LogP contribution < -0.4 is 4.74 Å². The van der Waals surface area contributed by atoms with Crippen LogP contribution in [-0.2, 0) is 20.7 Å². The Labute approximate surface area is 151 Å². The summed E-state index contributed by atoms with van der Waals surface area (Å²) in [6, 6.07) is 7.52. The summed E-state index contributed by atoms with van der Waals surface area (Å²) in [5, 5.41) is 0. The molecule has 140 valence electrons. The minimum absolute atomic E-state index is 0.00609. The third kappa shape index (κ3) is 9.28. The van der Waals surface area contributed by atoms with Crippen molar-refractivity contribution in [2.75, 3.05) is 7.11 Å². The second-order valence-corrected chi connectivity index (χ2v) is 6.49. The molecule has 0 saturated carbocycles. The van der Waals surface area contributed by atoms with Crippen molar-refractivity contribution >= 4 is 11.8 Å². The van der Waals surface area contributed by atoms with Crippen molar-refractivity contribution in [2.45, 2.75) is 77.7 Å². The maximum atomic E-state index is 12.5. The summed E-state index contributed by atoms with van der Waals surface area (Å²) >= 11 is 0. The fraction of sp³-hybridized carbons (Fsp3) is 0.619. The van der Waals surface area contributed by atoms with Crippen molar-refractivity contribution in [1.29, 1.82) is 0 Å². The van der Waals surface area contributed by atoms with Crippen LogP contribution in [0.15, 0.2) is 24.3 Å². The highest BCUT2D eigenvalue weighted by Gasteiger charge is 2.21. The molecule has 1 aromatic rings. The van der Waals surface area contributed by atoms with Crippen molar-refractivity contribution in [3.05, 3.63) is 29.8 Å². The zero-order valence-electron chi connectivity index (χ0n) is 15.9. The van der Waals surface area contributed by atoms with Crippen LogP contribution in [0, 0.1) is 0 Å². The van der Waals surface area contributed by atoms with E-state index in [4.69, 9.17) is 9.47 Å². The molecule has 1 aromatic carbocycles. The molecular formula is C21H32O4. The Kier molecular flexibility index (Phi) is 10.6. The van der Waals surface area contributed by atoms with Crippen LogP contribution in [0.3, 0.4) is 0 Å². The summed E-state index contributed by atoms with van der Waals surface area (Å²) in [5.41, 5.74) is 0.929. The van der Waals surface area contributed by atoms with Gasteiger partial charge in [-0.1, -0.05) is 57.6 Å². The highest BCUT2D eigenvalue weighted by Crippen LogP contribution is 2.17. The van der Waals surface area contributed by atoms with E-state index >= 15 is 0 Å². The van der Waals surface area contributed by atoms with Crippen LogP contribution in [-0.4, -0.2) is 25.0 Å². The second kappa shape index (κ2) is 12.5. The van der Waals surface area contributed by atoms with E-state index in [0.717, 1.165) is 24.2 Å². The molecule has 0 spiro atoms. The summed E-state index contributed by atoms with van der Waals surface area (Å²) < 4.78 is 10.5. The first kappa shape index (κ1) is 21.2. The first-order valence-corrected chi connectivity index (χ1v) is 9.39. The summed E-state index contributed by atoms with van der Waals surface area (Å²) in [5.74, 6) is 0.325. The maximum absolute atomic E-state index is 12.5. The van der Waals surface area contributed by atoms with Crippen molar-refractivity contribution in [2.24, 2.45) is 0 Å². The molecule has 0 heterocycles. The first-order chi connectivity index (χ1) is 12.1. The lowest BCUT2D eigenvalue weighted by atomic mass is 10.00. The average molecular weight is 348 g/mol. The standard InChI is InChI=1S/C21H32O4/c1-4-5-6-7-8-9-10-14-20(23)21(25-17(2)22)16-18-12-11-13-19(15-18)24-3/h11-13,15,21H,4-10,14,16H2,1-3H3. The number of Topliss-reactive ketones (excluding diaryl/α,β-unsaturated/α-hetero) is 1. The Balaban J connectivity index is 2.47. The van der Waals surface area contributed by atoms with Crippen molar-refractivity contribution in [1.82, 2.24) is 0 Å². The molecule has 0 aliphatic rings. The molecule has 1 rings (SSSR count). The monoisotopic (exact) mass is 348 g/mol. The number of ether oxygens (including phenoxy) is 2. The molecule has 0 aliphatic heterocycles. The lowest BCUT2D eigenvalue weighted by Gasteiger charge is -2.16. The van der Waals surface area contributed by atoms with Crippen molar-refractivity contribution in [3.63, 3.8) is 0 Å². The van der Waals surface area contributed by atoms with Gasteiger partial charge in [0.05, 0.1) is 7.11 Å². The normalized spacial score (nSPS) is 11.8. The van der Waals surface area contributed by atoms with Gasteiger partial charge in [-0.25, -0.2) is 0 Å². The second-order valence-electron chi connectivity index (χ2n) is 6.49. The molecule has 0 saturated heterocycles. The summed E-state index contributed by atoms with van der Waals surface area (Å²) in [7, 11) is 1.61. The predicted octanol–water partition coefficient (Wildman–Crippen LogP) is 4.88. The largest absolute Gasteiger partial charge is 0.497 e. The van der Waals surface area contributed by atoms with Crippen LogP contribution in [0.25, 0.3) is 0 Å². The zero-order valence-corrected chi connectivity index (χ0v) is 15.9. The highest BCUT2D eigenvalue weighted by atomic mass is 16.5. The third-order valence-electron chi connectivity index (χ3n) is 4.25. The Morgan fingerprint density at radius 1 is 1.04 bits per heavy atom. The molecule has 0 bridgehead atoms. The van der Waals surface area contributed by atoms with Gasteiger partial charge in [-0.3, -0.25) is 9.59 Å². The molecule has 1 atom stereocenters. The van der Waals surface area contributed by atoms with Gasteiger partial charge in [-0.15, -0.1) is 0 Å². The van der Waals surface area contributed by atoms with Gasteiger partial charge in [0, 0.05) is 19.8 Å². The van der Waals surface area contributed by atoms with Gasteiger partial charge in [0.25, 0.3) is 0 Å². The zero-order chi connectivity index (χ0) is 18.5. The molecule has 0 N–H and O–H groups in total. The van der Waals surface area contributed by atoms with Crippen molar-refractivity contribution in [3.8, 4) is 5.75 Å². The smallest absolute Gasteiger partial charge is 0.303 e. The van der Waals surface area contributed by atoms with E-state index in [2.05, 4.69) is 6.92 Å². The molecule has 25 heavy (non-hydrogen) atoms. The van der Waals surface area contributed by atoms with Crippen molar-refractivity contribution < 1.29 is 19.1 Å². The van der Waals surface area contributed by atoms with E-state index in [0.29, 0.717) is 12.8 Å². The number of carbonyl (C=O) groups is 2. The van der Waals surface area contributed by atoms with Crippen LogP contribution in [0.4, 0.5) is 0 Å². The quantitative estimate of drug-likeness (QED) is 0.376. The van der Waals surface area contributed by atoms with Crippen LogP contribution in [0.5, 0.6) is 5.75 Å². The Morgan fingerprint density at radius 2 is 1.72 bits per heavy atom. The topological polar surface area (TPSA) is 52.6 Å². The molecule has 0 fully saturated rings. The summed E-state index contributed by atoms with van der Waals surface area (Å²) in [6.45, 7) is 3.55. The molecular weight excluding hydrogens is 316 g/mol. The van der Waals surface area contributed by atoms with Gasteiger partial charge >= 0.3 is 5.97 Å². The molecule has 4 heteroatoms. The Morgan fingerprint density at radius 3 is 2.36 bits per heavy atom. The Bertz CT molecular complexity index is 524. The number of unbranched alkanes of at least 4 members (excludes halogenated alkanes) is 6. The number of methoxy groups -OCH3 is 1. The lowest BCUT2D eigenvalue weighted by molar-refractivity contribution is -0.153. The number of benzene rings is 1. The van der Waals surface area contributed by atoms with E-state index in [9.17, 15) is 9.59 Å². The third-order valence-corrected chi connectivity index (χ3v) is 4.25. The van der Waals surface area contributed by atoms with Crippen LogP contribution >= 0.6 is 0 Å². The van der Waals surface area contributed by atoms with Gasteiger partial charge in [0.2, 0.25) is 0 Å². The molecule has 4 nitrogen and oxygen atoms in total. The number of hydrogen-bond acceptors (Lipinski definition) is 4. The minimum atomic E-state index is -0.704. The summed E-state index contributed by atoms with van der Waals surface area (Å²) in [4.78, 5) is 23.8. The number of rotatable bonds is 13. The van der Waals surface area contributed by atoms with Gasteiger partial charge in [0.15, 0.2) is 11.9 Å². The predicted molar refractivity (Wildman–Crippen MR) is 99.9 cm³/mol. The molecule has 0 amide bonds. The van der Waals surface area contributed by atoms with Gasteiger partial charge in [-0.2, -0.15) is 0 Å². The molecule has 0 aliphatic carbocycles. The molecule has 0 radical (unpaired) electrons. The van der Waals surface area contributed by atoms with E-state index < -0.39 is 12.1 Å². The SMILES string of the molecule is CCCCCCCCCC(=O)C(Cc1cccc(OC)c1)OC(C)=O. The first-order valence-electron chi connectivity index (χ1n) is 9.39. The number of carbonyl (C=O) groups excluding carboxylic acids is 2. The molecule has 1 unspecified atom stereocenters. The lowest BCUT2D eigenvalue weighted by Crippen LogP contribution is -2.28. The average Bonchev–Trinajstić information content (AvgIpc) is 2.60. The van der Waals surface area contributed by atoms with Gasteiger partial charge < -0.3 is 9.47 Å². The Hall–Kier alpha value is -1.84. The highest BCUT2D eigenvalue weighted by molar-refractivity contribution is 5.85. The van der Waals surface area contributed by atoms with Crippen LogP contribution in [0.1, 0.15) is 70.8 Å². The maximum Gasteiger partial charge on any atom is 0.303 e. The van der Waals surface area contributed by atoms with Crippen LogP contribution in [0.2, 0.25) is 0 Å². The van der Waals surface area contributed by atoms with E-state index in [1.54, 1.807) is 7.11 Å². The number of hydrogen-bond donors (Lipinski definition) is 0. The van der Waals surface area contributed by atoms with Gasteiger partial charge in [0.1, 0.15) is 5.75 Å². The van der Waals surface area contributed by atoms with E-state index in [1.165, 1.54) is 39.0 Å². The van der Waals surface area contributed by atoms with E-state index in [-0.39, 0.29) is 5.78 Å². The minimum Gasteiger partial charge on any atom is -0.497 e. The van der Waals surface area contributed by atoms with Gasteiger partial charge in [-0.05, 0) is 24.1 Å². The fourth-order valence-electron chi connectivity index (χ4n) is 2.85. The molecule has 0 aromatic heterocycles. The summed E-state index contributed by atoms with van der Waals surface area (Å²) in [6.07, 6.45) is 8.28. The number of ketones is 1. The fourth-order valence-corrected chi connectivity index (χ4v) is 2.85. The van der Waals surface area contributed by atoms with E-state index in [1.807, 2.05) is 24.3 Å².